The fourth-order valence-corrected chi connectivity index (χ4v) is 5.15. The van der Waals surface area contributed by atoms with Gasteiger partial charge in [0.05, 0.1) is 44.0 Å². The molecule has 7 nitrogen and oxygen atoms in total. The number of amidine groups is 1. The summed E-state index contributed by atoms with van der Waals surface area (Å²) in [5.41, 5.74) is 4.90. The van der Waals surface area contributed by atoms with Crippen molar-refractivity contribution >= 4 is 40.6 Å². The molecule has 0 atom stereocenters. The summed E-state index contributed by atoms with van der Waals surface area (Å²) in [5.74, 6) is 1.27. The van der Waals surface area contributed by atoms with Crippen LogP contribution in [0.3, 0.4) is 0 Å². The van der Waals surface area contributed by atoms with E-state index in [0.717, 1.165) is 35.5 Å². The van der Waals surface area contributed by atoms with Gasteiger partial charge in [0.1, 0.15) is 17.3 Å². The first-order chi connectivity index (χ1) is 17.5. The highest BCUT2D eigenvalue weighted by molar-refractivity contribution is 6.41. The Morgan fingerprint density at radius 1 is 0.972 bits per heavy atom. The Morgan fingerprint density at radius 2 is 1.64 bits per heavy atom. The average molecular weight is 526 g/mol. The Kier molecular flexibility index (Phi) is 7.05. The number of hydrogen-bond acceptors (Lipinski definition) is 6. The molecule has 1 fully saturated rings. The highest BCUT2D eigenvalue weighted by Gasteiger charge is 2.23. The number of fused-ring (bicyclic) bond motifs is 1. The van der Waals surface area contributed by atoms with Gasteiger partial charge >= 0.3 is 0 Å². The normalized spacial score (nSPS) is 14.8. The van der Waals surface area contributed by atoms with E-state index in [1.165, 1.54) is 0 Å². The van der Waals surface area contributed by atoms with Crippen molar-refractivity contribution in [2.45, 2.75) is 6.54 Å². The highest BCUT2D eigenvalue weighted by atomic mass is 35.5. The molecule has 0 spiro atoms. The van der Waals surface area contributed by atoms with Crippen LogP contribution in [0.25, 0.3) is 11.1 Å². The van der Waals surface area contributed by atoms with E-state index in [1.807, 2.05) is 42.5 Å². The Bertz CT molecular complexity index is 1310. The van der Waals surface area contributed by atoms with Crippen LogP contribution in [0.5, 0.6) is 11.5 Å². The minimum absolute atomic E-state index is 0.206. The number of halogens is 2. The number of ether oxygens (including phenoxy) is 3. The van der Waals surface area contributed by atoms with Gasteiger partial charge in [0.25, 0.3) is 5.91 Å². The molecule has 0 aliphatic carbocycles. The van der Waals surface area contributed by atoms with Gasteiger partial charge < -0.3 is 24.4 Å². The van der Waals surface area contributed by atoms with Gasteiger partial charge in [0.2, 0.25) is 0 Å². The van der Waals surface area contributed by atoms with E-state index in [9.17, 15) is 4.79 Å². The Labute approximate surface area is 219 Å². The van der Waals surface area contributed by atoms with Crippen LogP contribution in [0.4, 0.5) is 5.69 Å². The molecule has 0 unspecified atom stereocenters. The Hall–Kier alpha value is -3.26. The van der Waals surface area contributed by atoms with Crippen LogP contribution in [0.15, 0.2) is 53.5 Å². The first-order valence-corrected chi connectivity index (χ1v) is 12.3. The molecule has 3 aromatic carbocycles. The van der Waals surface area contributed by atoms with E-state index in [-0.39, 0.29) is 5.91 Å². The summed E-state index contributed by atoms with van der Waals surface area (Å²) in [6.07, 6.45) is 0. The van der Waals surface area contributed by atoms with Crippen molar-refractivity contribution in [2.24, 2.45) is 4.99 Å². The average Bonchev–Trinajstić information content (AvgIpc) is 3.31. The number of methoxy groups -OCH3 is 2. The molecule has 0 saturated carbocycles. The molecule has 0 bridgehead atoms. The maximum Gasteiger partial charge on any atom is 0.256 e. The smallest absolute Gasteiger partial charge is 0.256 e. The van der Waals surface area contributed by atoms with Crippen molar-refractivity contribution in [1.29, 1.82) is 0 Å². The van der Waals surface area contributed by atoms with Crippen molar-refractivity contribution in [3.05, 3.63) is 75.3 Å². The van der Waals surface area contributed by atoms with E-state index >= 15 is 0 Å². The summed E-state index contributed by atoms with van der Waals surface area (Å²) in [4.78, 5) is 19.7. The second kappa shape index (κ2) is 10.4. The maximum atomic E-state index is 12.9. The maximum absolute atomic E-state index is 12.9. The molecule has 5 rings (SSSR count). The minimum atomic E-state index is -0.206. The molecule has 9 heteroatoms. The third-order valence-corrected chi connectivity index (χ3v) is 7.12. The summed E-state index contributed by atoms with van der Waals surface area (Å²) < 4.78 is 16.2. The number of nitrogens with zero attached hydrogens (tertiary/aromatic N) is 2. The molecule has 2 aliphatic heterocycles. The number of carbonyl (C=O) groups excluding carboxylic acids is 1. The fraction of sp³-hybridized carbons (Fsp3) is 0.259. The molecular weight excluding hydrogens is 501 g/mol. The summed E-state index contributed by atoms with van der Waals surface area (Å²) in [6.45, 7) is 3.56. The van der Waals surface area contributed by atoms with Gasteiger partial charge in [-0.3, -0.25) is 9.79 Å². The molecule has 36 heavy (non-hydrogen) atoms. The zero-order chi connectivity index (χ0) is 25.2. The SMILES string of the molecule is COc1cc(OC)c(Cl)c(-c2ccc3c(c2)CN=C3NC(=O)c2ccc(N3CCOCC3)cc2)c1Cl. The number of aliphatic imine (C=N–C) groups is 1. The zero-order valence-corrected chi connectivity index (χ0v) is 21.4. The van der Waals surface area contributed by atoms with Crippen LogP contribution < -0.4 is 19.7 Å². The molecule has 2 heterocycles. The monoisotopic (exact) mass is 525 g/mol. The van der Waals surface area contributed by atoms with Gasteiger partial charge in [-0.25, -0.2) is 0 Å². The molecule has 2 aliphatic rings. The second-order valence-corrected chi connectivity index (χ2v) is 9.18. The van der Waals surface area contributed by atoms with Gasteiger partial charge in [-0.1, -0.05) is 35.3 Å². The summed E-state index contributed by atoms with van der Waals surface area (Å²) in [6, 6.07) is 15.0. The number of anilines is 1. The highest BCUT2D eigenvalue weighted by Crippen LogP contribution is 2.46. The summed E-state index contributed by atoms with van der Waals surface area (Å²) >= 11 is 13.2. The third-order valence-electron chi connectivity index (χ3n) is 6.37. The molecule has 186 valence electrons. The van der Waals surface area contributed by atoms with Crippen LogP contribution in [-0.2, 0) is 11.3 Å². The predicted octanol–water partition coefficient (Wildman–Crippen LogP) is 5.20. The van der Waals surface area contributed by atoms with E-state index in [2.05, 4.69) is 15.2 Å². The van der Waals surface area contributed by atoms with Crippen molar-refractivity contribution in [2.75, 3.05) is 45.4 Å². The van der Waals surface area contributed by atoms with E-state index in [0.29, 0.717) is 58.3 Å². The van der Waals surface area contributed by atoms with E-state index in [1.54, 1.807) is 20.3 Å². The molecule has 3 aromatic rings. The number of carbonyl (C=O) groups is 1. The quantitative estimate of drug-likeness (QED) is 0.495. The largest absolute Gasteiger partial charge is 0.495 e. The number of morpholine rings is 1. The lowest BCUT2D eigenvalue weighted by Crippen LogP contribution is -2.36. The lowest BCUT2D eigenvalue weighted by atomic mass is 9.99. The van der Waals surface area contributed by atoms with E-state index in [4.69, 9.17) is 37.4 Å². The Balaban J connectivity index is 1.35. The molecule has 1 amide bonds. The topological polar surface area (TPSA) is 72.4 Å². The number of benzene rings is 3. The number of rotatable bonds is 5. The fourth-order valence-electron chi connectivity index (χ4n) is 4.43. The van der Waals surface area contributed by atoms with Gasteiger partial charge in [0.15, 0.2) is 0 Å². The minimum Gasteiger partial charge on any atom is -0.495 e. The van der Waals surface area contributed by atoms with Gasteiger partial charge in [0, 0.05) is 41.5 Å². The van der Waals surface area contributed by atoms with Crippen molar-refractivity contribution in [3.8, 4) is 22.6 Å². The lowest BCUT2D eigenvalue weighted by molar-refractivity contribution is 0.0977. The van der Waals surface area contributed by atoms with Crippen LogP contribution >= 0.6 is 23.2 Å². The number of amides is 1. The van der Waals surface area contributed by atoms with Gasteiger partial charge in [-0.15, -0.1) is 0 Å². The van der Waals surface area contributed by atoms with Crippen LogP contribution in [0, 0.1) is 0 Å². The molecule has 0 radical (unpaired) electrons. The van der Waals surface area contributed by atoms with Crippen molar-refractivity contribution in [1.82, 2.24) is 5.32 Å². The Morgan fingerprint density at radius 3 is 2.28 bits per heavy atom. The van der Waals surface area contributed by atoms with Crippen LogP contribution in [0.1, 0.15) is 21.5 Å². The van der Waals surface area contributed by atoms with E-state index < -0.39 is 0 Å². The van der Waals surface area contributed by atoms with Gasteiger partial charge in [-0.05, 0) is 41.5 Å². The second-order valence-electron chi connectivity index (χ2n) is 8.42. The van der Waals surface area contributed by atoms with Gasteiger partial charge in [-0.2, -0.15) is 0 Å². The number of nitrogens with one attached hydrogen (secondary N) is 1. The van der Waals surface area contributed by atoms with Crippen LogP contribution in [0.2, 0.25) is 10.0 Å². The molecular formula is C27H25Cl2N3O4. The van der Waals surface area contributed by atoms with Crippen LogP contribution in [-0.4, -0.2) is 52.3 Å². The van der Waals surface area contributed by atoms with Crippen molar-refractivity contribution < 1.29 is 19.0 Å². The lowest BCUT2D eigenvalue weighted by Gasteiger charge is -2.28. The summed E-state index contributed by atoms with van der Waals surface area (Å²) in [5, 5.41) is 3.75. The molecule has 1 N–H and O–H groups in total. The number of hydrogen-bond donors (Lipinski definition) is 1. The summed E-state index contributed by atoms with van der Waals surface area (Å²) in [7, 11) is 3.08. The molecule has 0 aromatic heterocycles. The standard InChI is InChI=1S/C27H25Cl2N3O4/c1-34-21-14-22(35-2)25(29)23(24(21)28)17-5-8-20-18(13-17)15-30-26(20)31-27(33)16-3-6-19(7-4-16)32-9-11-36-12-10-32/h3-8,13-14H,9-12,15H2,1-2H3,(H,30,31,33). The first kappa shape index (κ1) is 24.4. The zero-order valence-electron chi connectivity index (χ0n) is 19.9. The van der Waals surface area contributed by atoms with Crippen molar-refractivity contribution in [3.63, 3.8) is 0 Å². The third kappa shape index (κ3) is 4.62. The predicted molar refractivity (Wildman–Crippen MR) is 142 cm³/mol. The first-order valence-electron chi connectivity index (χ1n) is 11.5. The molecule has 1 saturated heterocycles.